The SMILES string of the molecule is CCN(CC)c1nc(O)nc(C)c1Cl. The molecule has 0 unspecified atom stereocenters. The number of aryl methyl sites for hydroxylation is 1. The zero-order chi connectivity index (χ0) is 10.7. The highest BCUT2D eigenvalue weighted by molar-refractivity contribution is 6.33. The van der Waals surface area contributed by atoms with Gasteiger partial charge in [-0.15, -0.1) is 0 Å². The van der Waals surface area contributed by atoms with Crippen molar-refractivity contribution >= 4 is 17.4 Å². The zero-order valence-electron chi connectivity index (χ0n) is 8.58. The molecule has 0 aliphatic heterocycles. The number of rotatable bonds is 3. The third kappa shape index (κ3) is 2.07. The average Bonchev–Trinajstić information content (AvgIpc) is 2.15. The molecule has 0 aliphatic rings. The van der Waals surface area contributed by atoms with Crippen molar-refractivity contribution in [1.82, 2.24) is 9.97 Å². The number of halogens is 1. The molecule has 78 valence electrons. The summed E-state index contributed by atoms with van der Waals surface area (Å²) < 4.78 is 0. The van der Waals surface area contributed by atoms with Gasteiger partial charge in [0.05, 0.1) is 5.69 Å². The fourth-order valence-corrected chi connectivity index (χ4v) is 1.47. The highest BCUT2D eigenvalue weighted by atomic mass is 35.5. The molecule has 1 aromatic heterocycles. The Balaban J connectivity index is 3.18. The van der Waals surface area contributed by atoms with Crippen LogP contribution < -0.4 is 4.90 Å². The smallest absolute Gasteiger partial charge is 0.316 e. The van der Waals surface area contributed by atoms with Crippen molar-refractivity contribution < 1.29 is 5.11 Å². The Bertz CT molecular complexity index is 326. The Morgan fingerprint density at radius 2 is 1.86 bits per heavy atom. The lowest BCUT2D eigenvalue weighted by molar-refractivity contribution is 0.428. The standard InChI is InChI=1S/C9H14ClN3O/c1-4-13(5-2)8-7(10)6(3)11-9(14)12-8/h4-5H2,1-3H3,(H,11,12,14). The second-order valence-corrected chi connectivity index (χ2v) is 3.30. The first-order valence-electron chi connectivity index (χ1n) is 4.58. The molecular weight excluding hydrogens is 202 g/mol. The monoisotopic (exact) mass is 215 g/mol. The lowest BCUT2D eigenvalue weighted by Gasteiger charge is -2.21. The Kier molecular flexibility index (Phi) is 3.52. The molecule has 14 heavy (non-hydrogen) atoms. The lowest BCUT2D eigenvalue weighted by Crippen LogP contribution is -2.23. The molecule has 0 bridgehead atoms. The van der Waals surface area contributed by atoms with Gasteiger partial charge in [-0.25, -0.2) is 0 Å². The molecule has 0 atom stereocenters. The van der Waals surface area contributed by atoms with Gasteiger partial charge in [0.1, 0.15) is 5.02 Å². The summed E-state index contributed by atoms with van der Waals surface area (Å²) in [5, 5.41) is 9.76. The molecule has 0 saturated heterocycles. The summed E-state index contributed by atoms with van der Waals surface area (Å²) in [6.07, 6.45) is 0. The molecule has 0 fully saturated rings. The van der Waals surface area contributed by atoms with Gasteiger partial charge in [0.2, 0.25) is 0 Å². The molecule has 4 nitrogen and oxygen atoms in total. The van der Waals surface area contributed by atoms with Crippen LogP contribution >= 0.6 is 11.6 Å². The van der Waals surface area contributed by atoms with E-state index in [9.17, 15) is 5.11 Å². The number of hydrogen-bond acceptors (Lipinski definition) is 4. The van der Waals surface area contributed by atoms with Crippen LogP contribution in [0.5, 0.6) is 6.01 Å². The van der Waals surface area contributed by atoms with Gasteiger partial charge in [-0.05, 0) is 20.8 Å². The zero-order valence-corrected chi connectivity index (χ0v) is 9.34. The van der Waals surface area contributed by atoms with E-state index in [0.29, 0.717) is 16.5 Å². The van der Waals surface area contributed by atoms with Gasteiger partial charge < -0.3 is 10.0 Å². The van der Waals surface area contributed by atoms with Crippen molar-refractivity contribution in [2.24, 2.45) is 0 Å². The minimum atomic E-state index is -0.228. The minimum absolute atomic E-state index is 0.228. The fourth-order valence-electron chi connectivity index (χ4n) is 1.26. The van der Waals surface area contributed by atoms with E-state index >= 15 is 0 Å². The minimum Gasteiger partial charge on any atom is -0.479 e. The average molecular weight is 216 g/mol. The number of aromatic nitrogens is 2. The van der Waals surface area contributed by atoms with Crippen molar-refractivity contribution in [3.05, 3.63) is 10.7 Å². The Labute approximate surface area is 88.6 Å². The van der Waals surface area contributed by atoms with E-state index in [-0.39, 0.29) is 6.01 Å². The summed E-state index contributed by atoms with van der Waals surface area (Å²) in [4.78, 5) is 9.65. The summed E-state index contributed by atoms with van der Waals surface area (Å²) in [5.41, 5.74) is 0.598. The van der Waals surface area contributed by atoms with E-state index in [1.54, 1.807) is 6.92 Å². The van der Waals surface area contributed by atoms with E-state index in [0.717, 1.165) is 13.1 Å². The van der Waals surface area contributed by atoms with Crippen LogP contribution in [0.4, 0.5) is 5.82 Å². The molecule has 0 aromatic carbocycles. The van der Waals surface area contributed by atoms with Gasteiger partial charge in [0.25, 0.3) is 0 Å². The molecule has 0 aliphatic carbocycles. The first-order valence-corrected chi connectivity index (χ1v) is 4.96. The quantitative estimate of drug-likeness (QED) is 0.838. The van der Waals surface area contributed by atoms with Crippen molar-refractivity contribution in [3.63, 3.8) is 0 Å². The molecule has 0 saturated carbocycles. The normalized spacial score (nSPS) is 10.3. The van der Waals surface area contributed by atoms with Crippen LogP contribution in [-0.2, 0) is 0 Å². The van der Waals surface area contributed by atoms with E-state index in [4.69, 9.17) is 11.6 Å². The summed E-state index contributed by atoms with van der Waals surface area (Å²) >= 11 is 6.04. The van der Waals surface area contributed by atoms with Gasteiger partial charge in [-0.1, -0.05) is 11.6 Å². The first-order chi connectivity index (χ1) is 6.60. The van der Waals surface area contributed by atoms with Crippen molar-refractivity contribution in [1.29, 1.82) is 0 Å². The predicted molar refractivity (Wildman–Crippen MR) is 57.0 cm³/mol. The van der Waals surface area contributed by atoms with Gasteiger partial charge in [-0.3, -0.25) is 0 Å². The molecule has 1 rings (SSSR count). The number of anilines is 1. The van der Waals surface area contributed by atoms with E-state index in [2.05, 4.69) is 9.97 Å². The van der Waals surface area contributed by atoms with Gasteiger partial charge in [-0.2, -0.15) is 9.97 Å². The number of hydrogen-bond donors (Lipinski definition) is 1. The van der Waals surface area contributed by atoms with E-state index in [1.807, 2.05) is 18.7 Å². The maximum Gasteiger partial charge on any atom is 0.316 e. The third-order valence-electron chi connectivity index (χ3n) is 2.05. The first kappa shape index (κ1) is 11.0. The molecule has 0 amide bonds. The summed E-state index contributed by atoms with van der Waals surface area (Å²) in [7, 11) is 0. The molecular formula is C9H14ClN3O. The second kappa shape index (κ2) is 4.46. The topological polar surface area (TPSA) is 49.2 Å². The predicted octanol–water partition coefficient (Wildman–Crippen LogP) is 1.99. The maximum absolute atomic E-state index is 9.25. The summed E-state index contributed by atoms with van der Waals surface area (Å²) in [5.74, 6) is 0.599. The maximum atomic E-state index is 9.25. The molecule has 1 heterocycles. The third-order valence-corrected chi connectivity index (χ3v) is 2.49. The molecule has 1 N–H and O–H groups in total. The van der Waals surface area contributed by atoms with Gasteiger partial charge >= 0.3 is 6.01 Å². The van der Waals surface area contributed by atoms with Crippen LogP contribution in [0.3, 0.4) is 0 Å². The van der Waals surface area contributed by atoms with Gasteiger partial charge in [0.15, 0.2) is 5.82 Å². The molecule has 0 radical (unpaired) electrons. The van der Waals surface area contributed by atoms with Crippen molar-refractivity contribution in [2.75, 3.05) is 18.0 Å². The summed E-state index contributed by atoms with van der Waals surface area (Å²) in [6, 6.07) is -0.228. The largest absolute Gasteiger partial charge is 0.479 e. The van der Waals surface area contributed by atoms with Crippen molar-refractivity contribution in [2.45, 2.75) is 20.8 Å². The lowest BCUT2D eigenvalue weighted by atomic mass is 10.4. The van der Waals surface area contributed by atoms with E-state index < -0.39 is 0 Å². The molecule has 5 heteroatoms. The Hall–Kier alpha value is -1.03. The van der Waals surface area contributed by atoms with Crippen LogP contribution in [0.15, 0.2) is 0 Å². The second-order valence-electron chi connectivity index (χ2n) is 2.92. The highest BCUT2D eigenvalue weighted by Gasteiger charge is 2.13. The highest BCUT2D eigenvalue weighted by Crippen LogP contribution is 2.27. The van der Waals surface area contributed by atoms with Crippen LogP contribution in [0.2, 0.25) is 5.02 Å². The van der Waals surface area contributed by atoms with Crippen LogP contribution in [0.25, 0.3) is 0 Å². The summed E-state index contributed by atoms with van der Waals surface area (Å²) in [6.45, 7) is 7.36. The van der Waals surface area contributed by atoms with Crippen LogP contribution in [-0.4, -0.2) is 28.2 Å². The van der Waals surface area contributed by atoms with Crippen LogP contribution in [0.1, 0.15) is 19.5 Å². The Morgan fingerprint density at radius 1 is 1.29 bits per heavy atom. The fraction of sp³-hybridized carbons (Fsp3) is 0.556. The molecule has 1 aromatic rings. The van der Waals surface area contributed by atoms with E-state index in [1.165, 1.54) is 0 Å². The Morgan fingerprint density at radius 3 is 2.36 bits per heavy atom. The van der Waals surface area contributed by atoms with Crippen molar-refractivity contribution in [3.8, 4) is 6.01 Å². The van der Waals surface area contributed by atoms with Gasteiger partial charge in [0, 0.05) is 13.1 Å². The number of aromatic hydroxyl groups is 1. The number of nitrogens with zero attached hydrogens (tertiary/aromatic N) is 3. The molecule has 0 spiro atoms. The van der Waals surface area contributed by atoms with Crippen LogP contribution in [0, 0.1) is 6.92 Å².